The summed E-state index contributed by atoms with van der Waals surface area (Å²) < 4.78 is 16.1. The zero-order valence-corrected chi connectivity index (χ0v) is 18.2. The molecule has 0 radical (unpaired) electrons. The van der Waals surface area contributed by atoms with Crippen LogP contribution in [0.1, 0.15) is 18.4 Å². The van der Waals surface area contributed by atoms with Crippen LogP contribution in [0, 0.1) is 0 Å². The van der Waals surface area contributed by atoms with Gasteiger partial charge in [0.1, 0.15) is 0 Å². The highest BCUT2D eigenvalue weighted by atomic mass is 16.5. The van der Waals surface area contributed by atoms with E-state index >= 15 is 0 Å². The van der Waals surface area contributed by atoms with Crippen LogP contribution in [0.5, 0.6) is 17.2 Å². The molecule has 1 fully saturated rings. The predicted molar refractivity (Wildman–Crippen MR) is 111 cm³/mol. The van der Waals surface area contributed by atoms with Gasteiger partial charge in [0.15, 0.2) is 11.5 Å². The van der Waals surface area contributed by atoms with Gasteiger partial charge in [-0.05, 0) is 30.5 Å². The molecule has 0 aliphatic carbocycles. The van der Waals surface area contributed by atoms with Crippen molar-refractivity contribution in [2.24, 2.45) is 0 Å². The van der Waals surface area contributed by atoms with Gasteiger partial charge in [0.2, 0.25) is 17.6 Å². The van der Waals surface area contributed by atoms with Gasteiger partial charge in [-0.25, -0.2) is 0 Å². The van der Waals surface area contributed by atoms with Gasteiger partial charge in [-0.3, -0.25) is 14.5 Å². The quantitative estimate of drug-likeness (QED) is 0.646. The van der Waals surface area contributed by atoms with Crippen LogP contribution in [0.2, 0.25) is 0 Å². The van der Waals surface area contributed by atoms with Crippen molar-refractivity contribution in [1.82, 2.24) is 14.7 Å². The predicted octanol–water partition coefficient (Wildman–Crippen LogP) is 1.27. The third-order valence-corrected chi connectivity index (χ3v) is 5.15. The number of carbonyl (C=O) groups excluding carboxylic acids is 2. The van der Waals surface area contributed by atoms with Gasteiger partial charge >= 0.3 is 0 Å². The van der Waals surface area contributed by atoms with Crippen molar-refractivity contribution in [2.75, 3.05) is 68.1 Å². The standard InChI is InChI=1S/C21H33N3O5/c1-22(2)20(26)15-23-9-6-10-24(12-11-23)19(25)8-7-16-13-17(27-3)21(29-5)18(14-16)28-4/h13-14H,6-12,15H2,1-5H3. The fraction of sp³-hybridized carbons (Fsp3) is 0.619. The number of nitrogens with zero attached hydrogens (tertiary/aromatic N) is 3. The number of amides is 2. The Labute approximate surface area is 173 Å². The van der Waals surface area contributed by atoms with Crippen molar-refractivity contribution < 1.29 is 23.8 Å². The fourth-order valence-electron chi connectivity index (χ4n) is 3.40. The van der Waals surface area contributed by atoms with Gasteiger partial charge in [0.25, 0.3) is 0 Å². The van der Waals surface area contributed by atoms with Crippen molar-refractivity contribution in [3.8, 4) is 17.2 Å². The van der Waals surface area contributed by atoms with Crippen molar-refractivity contribution in [1.29, 1.82) is 0 Å². The molecule has 1 aromatic carbocycles. The molecule has 0 unspecified atom stereocenters. The topological polar surface area (TPSA) is 71.6 Å². The minimum absolute atomic E-state index is 0.0900. The Hall–Kier alpha value is -2.48. The highest BCUT2D eigenvalue weighted by molar-refractivity contribution is 5.78. The molecule has 1 aliphatic heterocycles. The Bertz CT molecular complexity index is 683. The third-order valence-electron chi connectivity index (χ3n) is 5.15. The van der Waals surface area contributed by atoms with Crippen LogP contribution in [0.15, 0.2) is 12.1 Å². The van der Waals surface area contributed by atoms with E-state index in [0.29, 0.717) is 43.2 Å². The van der Waals surface area contributed by atoms with Crippen LogP contribution in [-0.2, 0) is 16.0 Å². The van der Waals surface area contributed by atoms with Crippen LogP contribution in [0.3, 0.4) is 0 Å². The molecule has 0 N–H and O–H groups in total. The first kappa shape index (κ1) is 22.8. The van der Waals surface area contributed by atoms with Crippen LogP contribution < -0.4 is 14.2 Å². The van der Waals surface area contributed by atoms with Crippen molar-refractivity contribution in [3.63, 3.8) is 0 Å². The molecule has 0 atom stereocenters. The Kier molecular flexibility index (Phi) is 8.57. The van der Waals surface area contributed by atoms with Crippen LogP contribution in [0.25, 0.3) is 0 Å². The average molecular weight is 408 g/mol. The van der Waals surface area contributed by atoms with E-state index in [0.717, 1.165) is 31.6 Å². The van der Waals surface area contributed by atoms with E-state index in [1.165, 1.54) is 0 Å². The number of carbonyl (C=O) groups is 2. The molecule has 2 amide bonds. The highest BCUT2D eigenvalue weighted by Gasteiger charge is 2.21. The monoisotopic (exact) mass is 407 g/mol. The van der Waals surface area contributed by atoms with Crippen LogP contribution in [0.4, 0.5) is 0 Å². The number of hydrogen-bond donors (Lipinski definition) is 0. The van der Waals surface area contributed by atoms with E-state index in [2.05, 4.69) is 4.90 Å². The number of likely N-dealkylation sites (N-methyl/N-ethyl adjacent to an activating group) is 1. The van der Waals surface area contributed by atoms with E-state index in [1.807, 2.05) is 17.0 Å². The summed E-state index contributed by atoms with van der Waals surface area (Å²) in [6, 6.07) is 3.76. The van der Waals surface area contributed by atoms with Gasteiger partial charge in [0.05, 0.1) is 27.9 Å². The second kappa shape index (κ2) is 10.9. The molecule has 0 saturated carbocycles. The smallest absolute Gasteiger partial charge is 0.236 e. The zero-order valence-electron chi connectivity index (χ0n) is 18.2. The molecule has 2 rings (SSSR count). The summed E-state index contributed by atoms with van der Waals surface area (Å²) in [6.07, 6.45) is 1.88. The molecule has 8 nitrogen and oxygen atoms in total. The first-order valence-corrected chi connectivity index (χ1v) is 9.88. The lowest BCUT2D eigenvalue weighted by atomic mass is 10.1. The van der Waals surface area contributed by atoms with E-state index in [1.54, 1.807) is 40.3 Å². The van der Waals surface area contributed by atoms with Gasteiger partial charge in [-0.15, -0.1) is 0 Å². The maximum Gasteiger partial charge on any atom is 0.236 e. The Morgan fingerprint density at radius 2 is 1.62 bits per heavy atom. The molecule has 1 aliphatic rings. The summed E-state index contributed by atoms with van der Waals surface area (Å²) >= 11 is 0. The molecular weight excluding hydrogens is 374 g/mol. The van der Waals surface area contributed by atoms with Crippen LogP contribution >= 0.6 is 0 Å². The summed E-state index contributed by atoms with van der Waals surface area (Å²) in [7, 11) is 8.25. The first-order valence-electron chi connectivity index (χ1n) is 9.88. The number of benzene rings is 1. The molecule has 8 heteroatoms. The second-order valence-electron chi connectivity index (χ2n) is 7.33. The number of rotatable bonds is 8. The molecule has 162 valence electrons. The van der Waals surface area contributed by atoms with Gasteiger partial charge in [-0.1, -0.05) is 0 Å². The van der Waals surface area contributed by atoms with E-state index in [9.17, 15) is 9.59 Å². The minimum Gasteiger partial charge on any atom is -0.493 e. The van der Waals surface area contributed by atoms with E-state index in [4.69, 9.17) is 14.2 Å². The summed E-state index contributed by atoms with van der Waals surface area (Å²) in [5, 5.41) is 0. The van der Waals surface area contributed by atoms with Crippen molar-refractivity contribution >= 4 is 11.8 Å². The Balaban J connectivity index is 1.93. The van der Waals surface area contributed by atoms with Gasteiger partial charge < -0.3 is 24.0 Å². The van der Waals surface area contributed by atoms with Gasteiger partial charge in [-0.2, -0.15) is 0 Å². The fourth-order valence-corrected chi connectivity index (χ4v) is 3.40. The SMILES string of the molecule is COc1cc(CCC(=O)N2CCCN(CC(=O)N(C)C)CC2)cc(OC)c1OC. The lowest BCUT2D eigenvalue weighted by Gasteiger charge is -2.23. The lowest BCUT2D eigenvalue weighted by molar-refractivity contribution is -0.131. The maximum atomic E-state index is 12.7. The Morgan fingerprint density at radius 1 is 0.966 bits per heavy atom. The maximum absolute atomic E-state index is 12.7. The lowest BCUT2D eigenvalue weighted by Crippen LogP contribution is -2.39. The molecule has 1 saturated heterocycles. The normalized spacial score (nSPS) is 14.9. The average Bonchev–Trinajstić information content (AvgIpc) is 2.96. The molecule has 0 spiro atoms. The molecule has 0 bridgehead atoms. The number of methoxy groups -OCH3 is 3. The van der Waals surface area contributed by atoms with Crippen molar-refractivity contribution in [3.05, 3.63) is 17.7 Å². The summed E-state index contributed by atoms with van der Waals surface area (Å²) in [5.41, 5.74) is 0.959. The Morgan fingerprint density at radius 3 is 2.17 bits per heavy atom. The molecule has 1 aromatic rings. The highest BCUT2D eigenvalue weighted by Crippen LogP contribution is 2.38. The molecular formula is C21H33N3O5. The summed E-state index contributed by atoms with van der Waals surface area (Å²) in [6.45, 7) is 3.32. The molecule has 1 heterocycles. The van der Waals surface area contributed by atoms with Crippen LogP contribution in [-0.4, -0.2) is 94.7 Å². The summed E-state index contributed by atoms with van der Waals surface area (Å²) in [4.78, 5) is 30.3. The minimum atomic E-state index is 0.0900. The third kappa shape index (κ3) is 6.25. The zero-order chi connectivity index (χ0) is 21.4. The number of ether oxygens (including phenoxy) is 3. The number of hydrogen-bond acceptors (Lipinski definition) is 6. The second-order valence-corrected chi connectivity index (χ2v) is 7.33. The number of aryl methyl sites for hydroxylation is 1. The van der Waals surface area contributed by atoms with Gasteiger partial charge in [0, 0.05) is 46.7 Å². The van der Waals surface area contributed by atoms with E-state index in [-0.39, 0.29) is 11.8 Å². The van der Waals surface area contributed by atoms with E-state index < -0.39 is 0 Å². The molecule has 0 aromatic heterocycles. The molecule has 29 heavy (non-hydrogen) atoms. The van der Waals surface area contributed by atoms with Crippen molar-refractivity contribution in [2.45, 2.75) is 19.3 Å². The first-order chi connectivity index (χ1) is 13.9. The summed E-state index contributed by atoms with van der Waals surface area (Å²) in [5.74, 6) is 1.94. The largest absolute Gasteiger partial charge is 0.493 e.